The summed E-state index contributed by atoms with van der Waals surface area (Å²) < 4.78 is 1.88. The average molecular weight is 388 g/mol. The van der Waals surface area contributed by atoms with E-state index in [0.717, 1.165) is 9.40 Å². The summed E-state index contributed by atoms with van der Waals surface area (Å²) in [5, 5.41) is 4.25. The SMILES string of the molecule is CC(C)(C)c1ccc(C(=O)Nc2ccc3sc4ccccc4c(=O)c3c2)cc1. The quantitative estimate of drug-likeness (QED) is 0.431. The zero-order valence-electron chi connectivity index (χ0n) is 16.1. The zero-order valence-corrected chi connectivity index (χ0v) is 16.9. The molecular weight excluding hydrogens is 366 g/mol. The van der Waals surface area contributed by atoms with E-state index in [4.69, 9.17) is 0 Å². The number of benzene rings is 3. The third-order valence-electron chi connectivity index (χ3n) is 4.85. The van der Waals surface area contributed by atoms with Crippen LogP contribution in [0.3, 0.4) is 0 Å². The summed E-state index contributed by atoms with van der Waals surface area (Å²) in [5.41, 5.74) is 2.43. The van der Waals surface area contributed by atoms with E-state index in [1.54, 1.807) is 17.4 Å². The molecule has 1 amide bonds. The van der Waals surface area contributed by atoms with Crippen LogP contribution in [-0.4, -0.2) is 5.91 Å². The maximum Gasteiger partial charge on any atom is 0.255 e. The normalized spacial score (nSPS) is 11.7. The number of amides is 1. The van der Waals surface area contributed by atoms with Crippen LogP contribution < -0.4 is 10.7 Å². The molecule has 3 nitrogen and oxygen atoms in total. The molecule has 3 aromatic carbocycles. The predicted octanol–water partition coefficient (Wildman–Crippen LogP) is 5.96. The number of carbonyl (C=O) groups excluding carboxylic acids is 1. The maximum atomic E-state index is 12.8. The standard InChI is InChI=1S/C24H21NO2S/c1-24(2,3)16-10-8-15(9-11-16)23(27)25-17-12-13-21-19(14-17)22(26)18-6-4-5-7-20(18)28-21/h4-14H,1-3H3,(H,25,27). The van der Waals surface area contributed by atoms with E-state index >= 15 is 0 Å². The van der Waals surface area contributed by atoms with Crippen molar-refractivity contribution in [1.29, 1.82) is 0 Å². The lowest BCUT2D eigenvalue weighted by molar-refractivity contribution is 0.102. The van der Waals surface area contributed by atoms with Crippen LogP contribution in [0.5, 0.6) is 0 Å². The smallest absolute Gasteiger partial charge is 0.255 e. The van der Waals surface area contributed by atoms with Crippen LogP contribution in [0, 0.1) is 0 Å². The van der Waals surface area contributed by atoms with E-state index in [9.17, 15) is 9.59 Å². The highest BCUT2D eigenvalue weighted by Gasteiger charge is 2.15. The molecule has 4 heteroatoms. The Morgan fingerprint density at radius 2 is 1.54 bits per heavy atom. The third-order valence-corrected chi connectivity index (χ3v) is 6.00. The van der Waals surface area contributed by atoms with Gasteiger partial charge in [0.05, 0.1) is 0 Å². The van der Waals surface area contributed by atoms with Crippen LogP contribution >= 0.6 is 11.3 Å². The highest BCUT2D eigenvalue weighted by atomic mass is 32.1. The number of hydrogen-bond acceptors (Lipinski definition) is 3. The van der Waals surface area contributed by atoms with E-state index in [2.05, 4.69) is 26.1 Å². The Morgan fingerprint density at radius 1 is 0.857 bits per heavy atom. The molecule has 0 saturated carbocycles. The molecule has 140 valence electrons. The van der Waals surface area contributed by atoms with Gasteiger partial charge in [0.25, 0.3) is 5.91 Å². The Kier molecular flexibility index (Phi) is 4.52. The van der Waals surface area contributed by atoms with Crippen LogP contribution in [0.15, 0.2) is 71.5 Å². The summed E-state index contributed by atoms with van der Waals surface area (Å²) in [7, 11) is 0. The molecule has 4 rings (SSSR count). The van der Waals surface area contributed by atoms with E-state index in [1.807, 2.05) is 60.7 Å². The van der Waals surface area contributed by atoms with Gasteiger partial charge in [-0.15, -0.1) is 11.3 Å². The molecular formula is C24H21NO2S. The van der Waals surface area contributed by atoms with Crippen molar-refractivity contribution in [3.05, 3.63) is 88.1 Å². The molecule has 0 spiro atoms. The first-order valence-electron chi connectivity index (χ1n) is 9.20. The lowest BCUT2D eigenvalue weighted by atomic mass is 9.87. The molecule has 0 bridgehead atoms. The molecule has 4 aromatic rings. The molecule has 0 atom stereocenters. The van der Waals surface area contributed by atoms with Crippen LogP contribution in [0.25, 0.3) is 20.2 Å². The molecule has 1 heterocycles. The lowest BCUT2D eigenvalue weighted by Crippen LogP contribution is -2.14. The fraction of sp³-hybridized carbons (Fsp3) is 0.167. The first kappa shape index (κ1) is 18.4. The molecule has 0 aliphatic carbocycles. The lowest BCUT2D eigenvalue weighted by Gasteiger charge is -2.19. The van der Waals surface area contributed by atoms with Gasteiger partial charge in [-0.25, -0.2) is 0 Å². The maximum absolute atomic E-state index is 12.8. The van der Waals surface area contributed by atoms with Gasteiger partial charge in [-0.3, -0.25) is 9.59 Å². The number of hydrogen-bond donors (Lipinski definition) is 1. The first-order chi connectivity index (χ1) is 13.3. The summed E-state index contributed by atoms with van der Waals surface area (Å²) in [6.45, 7) is 6.42. The number of anilines is 1. The van der Waals surface area contributed by atoms with E-state index < -0.39 is 0 Å². The van der Waals surface area contributed by atoms with E-state index in [-0.39, 0.29) is 16.8 Å². The zero-order chi connectivity index (χ0) is 19.9. The molecule has 1 N–H and O–H groups in total. The molecule has 0 aliphatic rings. The van der Waals surface area contributed by atoms with Crippen molar-refractivity contribution in [2.75, 3.05) is 5.32 Å². The van der Waals surface area contributed by atoms with Gasteiger partial charge in [0.1, 0.15) is 0 Å². The van der Waals surface area contributed by atoms with Gasteiger partial charge in [-0.1, -0.05) is 45.0 Å². The fourth-order valence-corrected chi connectivity index (χ4v) is 4.26. The van der Waals surface area contributed by atoms with Gasteiger partial charge in [-0.05, 0) is 53.4 Å². The van der Waals surface area contributed by atoms with Gasteiger partial charge < -0.3 is 5.32 Å². The number of carbonyl (C=O) groups is 1. The van der Waals surface area contributed by atoms with E-state index in [0.29, 0.717) is 22.0 Å². The second-order valence-corrected chi connectivity index (χ2v) is 9.00. The van der Waals surface area contributed by atoms with Crippen LogP contribution in [0.4, 0.5) is 5.69 Å². The number of nitrogens with one attached hydrogen (secondary N) is 1. The van der Waals surface area contributed by atoms with Crippen molar-refractivity contribution in [3.63, 3.8) is 0 Å². The molecule has 28 heavy (non-hydrogen) atoms. The van der Waals surface area contributed by atoms with Crippen molar-refractivity contribution in [3.8, 4) is 0 Å². The van der Waals surface area contributed by atoms with Crippen molar-refractivity contribution in [2.24, 2.45) is 0 Å². The molecule has 1 aromatic heterocycles. The minimum atomic E-state index is -0.184. The molecule has 0 unspecified atom stereocenters. The summed E-state index contributed by atoms with van der Waals surface area (Å²) in [5.74, 6) is -0.184. The van der Waals surface area contributed by atoms with Crippen molar-refractivity contribution in [1.82, 2.24) is 0 Å². The van der Waals surface area contributed by atoms with Gasteiger partial charge in [0.15, 0.2) is 5.43 Å². The number of fused-ring (bicyclic) bond motifs is 2. The van der Waals surface area contributed by atoms with Gasteiger partial charge in [0.2, 0.25) is 0 Å². The number of rotatable bonds is 2. The topological polar surface area (TPSA) is 46.2 Å². The third kappa shape index (κ3) is 3.43. The predicted molar refractivity (Wildman–Crippen MR) is 119 cm³/mol. The average Bonchev–Trinajstić information content (AvgIpc) is 2.68. The van der Waals surface area contributed by atoms with Gasteiger partial charge >= 0.3 is 0 Å². The second kappa shape index (κ2) is 6.88. The van der Waals surface area contributed by atoms with Crippen LogP contribution in [-0.2, 0) is 5.41 Å². The fourth-order valence-electron chi connectivity index (χ4n) is 3.21. The van der Waals surface area contributed by atoms with Crippen molar-refractivity contribution < 1.29 is 4.79 Å². The molecule has 0 aliphatic heterocycles. The summed E-state index contributed by atoms with van der Waals surface area (Å²) in [6.07, 6.45) is 0. The summed E-state index contributed by atoms with van der Waals surface area (Å²) in [4.78, 5) is 25.4. The molecule has 0 radical (unpaired) electrons. The highest BCUT2D eigenvalue weighted by Crippen LogP contribution is 2.27. The van der Waals surface area contributed by atoms with Crippen molar-refractivity contribution in [2.45, 2.75) is 26.2 Å². The molecule has 0 fully saturated rings. The first-order valence-corrected chi connectivity index (χ1v) is 10.0. The molecule has 0 saturated heterocycles. The second-order valence-electron chi connectivity index (χ2n) is 7.92. The van der Waals surface area contributed by atoms with Crippen LogP contribution in [0.2, 0.25) is 0 Å². The summed E-state index contributed by atoms with van der Waals surface area (Å²) in [6, 6.07) is 20.8. The van der Waals surface area contributed by atoms with Gasteiger partial charge in [0, 0.05) is 31.4 Å². The Morgan fingerprint density at radius 3 is 2.25 bits per heavy atom. The monoisotopic (exact) mass is 387 g/mol. The Balaban J connectivity index is 1.66. The minimum absolute atomic E-state index is 0.00465. The highest BCUT2D eigenvalue weighted by molar-refractivity contribution is 7.24. The van der Waals surface area contributed by atoms with Crippen LogP contribution in [0.1, 0.15) is 36.7 Å². The largest absolute Gasteiger partial charge is 0.322 e. The minimum Gasteiger partial charge on any atom is -0.322 e. The Labute approximate surface area is 167 Å². The summed E-state index contributed by atoms with van der Waals surface area (Å²) >= 11 is 1.58. The Hall–Kier alpha value is -2.98. The van der Waals surface area contributed by atoms with Gasteiger partial charge in [-0.2, -0.15) is 0 Å². The van der Waals surface area contributed by atoms with E-state index in [1.165, 1.54) is 5.56 Å². The Bertz CT molecular complexity index is 1250. The van der Waals surface area contributed by atoms with Crippen molar-refractivity contribution >= 4 is 43.1 Å².